The van der Waals surface area contributed by atoms with E-state index in [4.69, 9.17) is 9.90 Å². The number of carboxylic acid groups (broad SMARTS) is 1. The Hall–Kier alpha value is -3.65. The van der Waals surface area contributed by atoms with Crippen molar-refractivity contribution in [3.8, 4) is 0 Å². The number of rotatable bonds is 6. The fraction of sp³-hybridized carbons (Fsp3) is 0.167. The average Bonchev–Trinajstić information content (AvgIpc) is 2.76. The van der Waals surface area contributed by atoms with E-state index in [1.807, 2.05) is 72.8 Å². The maximum absolute atomic E-state index is 12.9. The first kappa shape index (κ1) is 24.6. The fourth-order valence-corrected chi connectivity index (χ4v) is 2.78. The molecule has 0 aliphatic carbocycles. The molecule has 0 aliphatic heterocycles. The van der Waals surface area contributed by atoms with E-state index in [9.17, 15) is 18.0 Å². The molecule has 0 atom stereocenters. The summed E-state index contributed by atoms with van der Waals surface area (Å²) in [7, 11) is 0. The van der Waals surface area contributed by atoms with Gasteiger partial charge < -0.3 is 10.4 Å². The second-order valence-corrected chi connectivity index (χ2v) is 6.73. The number of hydrogen-bond donors (Lipinski definition) is 2. The Bertz CT molecular complexity index is 970. The molecule has 0 bridgehead atoms. The van der Waals surface area contributed by atoms with Crippen LogP contribution in [0.1, 0.15) is 11.1 Å². The van der Waals surface area contributed by atoms with E-state index in [1.165, 1.54) is 11.1 Å². The van der Waals surface area contributed by atoms with Crippen molar-refractivity contribution in [1.82, 2.24) is 5.32 Å². The predicted molar refractivity (Wildman–Crippen MR) is 117 cm³/mol. The minimum Gasteiger partial charge on any atom is -0.475 e. The summed E-state index contributed by atoms with van der Waals surface area (Å²) in [6.45, 7) is 3.03. The van der Waals surface area contributed by atoms with Crippen molar-refractivity contribution in [3.05, 3.63) is 96.1 Å². The third-order valence-corrected chi connectivity index (χ3v) is 4.37. The number of amides is 1. The molecule has 32 heavy (non-hydrogen) atoms. The maximum atomic E-state index is 12.9. The lowest BCUT2D eigenvalue weighted by atomic mass is 10.1. The summed E-state index contributed by atoms with van der Waals surface area (Å²) in [6, 6.07) is 27.7. The van der Waals surface area contributed by atoms with Gasteiger partial charge in [-0.05, 0) is 42.3 Å². The van der Waals surface area contributed by atoms with Gasteiger partial charge in [0.05, 0.1) is 6.54 Å². The first-order chi connectivity index (χ1) is 15.2. The quantitative estimate of drug-likeness (QED) is 0.556. The molecular weight excluding hydrogens is 421 g/mol. The molecule has 0 saturated carbocycles. The zero-order valence-corrected chi connectivity index (χ0v) is 17.3. The number of nitrogens with zero attached hydrogens (tertiary/aromatic N) is 1. The van der Waals surface area contributed by atoms with Crippen molar-refractivity contribution in [1.29, 1.82) is 0 Å². The van der Waals surface area contributed by atoms with Crippen LogP contribution in [0, 0.1) is 6.92 Å². The summed E-state index contributed by atoms with van der Waals surface area (Å²) in [5, 5.41) is 10.4. The highest BCUT2D eigenvalue weighted by molar-refractivity contribution is 6.01. The van der Waals surface area contributed by atoms with Gasteiger partial charge in [0.2, 0.25) is 5.91 Å². The molecule has 3 aromatic rings. The van der Waals surface area contributed by atoms with E-state index in [-0.39, 0.29) is 12.5 Å². The molecule has 0 aromatic heterocycles. The standard InChI is InChI=1S/C22H22N2O.C2HF3O2/c1-18-10-8-9-11-19(18)16-23-17-22(25)24(20-12-4-2-5-13-20)21-14-6-3-7-15-21;3-2(4,5)1(6)7/h2-15,23H,16-17H2,1H3;(H,6,7). The number of carbonyl (C=O) groups is 2. The van der Waals surface area contributed by atoms with Crippen molar-refractivity contribution >= 4 is 23.3 Å². The third-order valence-electron chi connectivity index (χ3n) is 4.37. The molecule has 3 aromatic carbocycles. The van der Waals surface area contributed by atoms with Gasteiger partial charge in [-0.15, -0.1) is 0 Å². The fourth-order valence-electron chi connectivity index (χ4n) is 2.78. The molecule has 0 fully saturated rings. The lowest BCUT2D eigenvalue weighted by Crippen LogP contribution is -2.35. The van der Waals surface area contributed by atoms with Crippen LogP contribution in [0.3, 0.4) is 0 Å². The van der Waals surface area contributed by atoms with Gasteiger partial charge in [-0.1, -0.05) is 60.7 Å². The van der Waals surface area contributed by atoms with Gasteiger partial charge >= 0.3 is 12.1 Å². The Morgan fingerprint density at radius 2 is 1.28 bits per heavy atom. The second-order valence-electron chi connectivity index (χ2n) is 6.73. The van der Waals surface area contributed by atoms with Crippen LogP contribution in [0.15, 0.2) is 84.9 Å². The molecule has 0 heterocycles. The number of carbonyl (C=O) groups excluding carboxylic acids is 1. The van der Waals surface area contributed by atoms with Gasteiger partial charge in [-0.3, -0.25) is 9.69 Å². The van der Waals surface area contributed by atoms with Crippen molar-refractivity contribution in [2.75, 3.05) is 11.4 Å². The molecule has 1 amide bonds. The molecular formula is C24H23F3N2O3. The lowest BCUT2D eigenvalue weighted by molar-refractivity contribution is -0.192. The molecule has 0 aliphatic rings. The van der Waals surface area contributed by atoms with E-state index >= 15 is 0 Å². The Kier molecular flexibility index (Phi) is 8.97. The topological polar surface area (TPSA) is 69.6 Å². The molecule has 2 N–H and O–H groups in total. The van der Waals surface area contributed by atoms with E-state index in [2.05, 4.69) is 24.4 Å². The zero-order chi connectivity index (χ0) is 23.6. The molecule has 0 saturated heterocycles. The summed E-state index contributed by atoms with van der Waals surface area (Å²) in [5.41, 5.74) is 4.18. The zero-order valence-electron chi connectivity index (χ0n) is 17.3. The number of halogens is 3. The lowest BCUT2D eigenvalue weighted by Gasteiger charge is -2.23. The van der Waals surface area contributed by atoms with Crippen LogP contribution in [0.2, 0.25) is 0 Å². The summed E-state index contributed by atoms with van der Waals surface area (Å²) in [4.78, 5) is 23.5. The summed E-state index contributed by atoms with van der Waals surface area (Å²) >= 11 is 0. The van der Waals surface area contributed by atoms with Crippen LogP contribution in [0.5, 0.6) is 0 Å². The normalized spacial score (nSPS) is 10.6. The SMILES string of the molecule is Cc1ccccc1CNCC(=O)N(c1ccccc1)c1ccccc1.O=C(O)C(F)(F)F. The smallest absolute Gasteiger partial charge is 0.475 e. The van der Waals surface area contributed by atoms with Crippen molar-refractivity contribution in [2.45, 2.75) is 19.6 Å². The minimum absolute atomic E-state index is 0.0194. The van der Waals surface area contributed by atoms with Crippen LogP contribution in [-0.4, -0.2) is 29.7 Å². The highest BCUT2D eigenvalue weighted by Gasteiger charge is 2.38. The van der Waals surface area contributed by atoms with E-state index in [0.717, 1.165) is 11.4 Å². The van der Waals surface area contributed by atoms with Crippen LogP contribution in [-0.2, 0) is 16.1 Å². The number of hydrogen-bond acceptors (Lipinski definition) is 3. The first-order valence-corrected chi connectivity index (χ1v) is 9.68. The Morgan fingerprint density at radius 1 is 0.844 bits per heavy atom. The molecule has 168 valence electrons. The first-order valence-electron chi connectivity index (χ1n) is 9.68. The van der Waals surface area contributed by atoms with Gasteiger partial charge in [0.1, 0.15) is 0 Å². The maximum Gasteiger partial charge on any atom is 0.490 e. The number of nitrogens with one attached hydrogen (secondary N) is 1. The van der Waals surface area contributed by atoms with Crippen molar-refractivity contribution < 1.29 is 27.9 Å². The Labute approximate surface area is 184 Å². The van der Waals surface area contributed by atoms with Crippen LogP contribution in [0.4, 0.5) is 24.5 Å². The van der Waals surface area contributed by atoms with Gasteiger partial charge in [0.15, 0.2) is 0 Å². The van der Waals surface area contributed by atoms with Crippen LogP contribution < -0.4 is 10.2 Å². The van der Waals surface area contributed by atoms with Crippen molar-refractivity contribution in [2.24, 2.45) is 0 Å². The van der Waals surface area contributed by atoms with Crippen LogP contribution >= 0.6 is 0 Å². The van der Waals surface area contributed by atoms with Crippen LogP contribution in [0.25, 0.3) is 0 Å². The summed E-state index contributed by atoms with van der Waals surface area (Å²) < 4.78 is 31.7. The summed E-state index contributed by atoms with van der Waals surface area (Å²) in [6.07, 6.45) is -5.08. The number of benzene rings is 3. The number of aliphatic carboxylic acids is 1. The molecule has 8 heteroatoms. The molecule has 5 nitrogen and oxygen atoms in total. The number of anilines is 2. The Balaban J connectivity index is 0.000000451. The highest BCUT2D eigenvalue weighted by atomic mass is 19.4. The predicted octanol–water partition coefficient (Wildman–Crippen LogP) is 5.08. The second kappa shape index (κ2) is 11.7. The molecule has 0 radical (unpaired) electrons. The highest BCUT2D eigenvalue weighted by Crippen LogP contribution is 2.24. The molecule has 0 unspecified atom stereocenters. The largest absolute Gasteiger partial charge is 0.490 e. The van der Waals surface area contributed by atoms with Gasteiger partial charge in [-0.25, -0.2) is 4.79 Å². The minimum atomic E-state index is -5.08. The van der Waals surface area contributed by atoms with Crippen molar-refractivity contribution in [3.63, 3.8) is 0 Å². The monoisotopic (exact) mass is 444 g/mol. The number of para-hydroxylation sites is 2. The number of aryl methyl sites for hydroxylation is 1. The average molecular weight is 444 g/mol. The summed E-state index contributed by atoms with van der Waals surface area (Å²) in [5.74, 6) is -2.74. The molecule has 3 rings (SSSR count). The van der Waals surface area contributed by atoms with Gasteiger partial charge in [0.25, 0.3) is 0 Å². The molecule has 0 spiro atoms. The third kappa shape index (κ3) is 7.55. The Morgan fingerprint density at radius 3 is 1.72 bits per heavy atom. The van der Waals surface area contributed by atoms with E-state index in [0.29, 0.717) is 6.54 Å². The van der Waals surface area contributed by atoms with Gasteiger partial charge in [0, 0.05) is 17.9 Å². The van der Waals surface area contributed by atoms with Gasteiger partial charge in [-0.2, -0.15) is 13.2 Å². The number of carboxylic acids is 1. The van der Waals surface area contributed by atoms with E-state index in [1.54, 1.807) is 4.90 Å². The van der Waals surface area contributed by atoms with E-state index < -0.39 is 12.1 Å². The number of alkyl halides is 3.